The maximum absolute atomic E-state index is 7.16. The summed E-state index contributed by atoms with van der Waals surface area (Å²) in [5.74, 6) is 0. The summed E-state index contributed by atoms with van der Waals surface area (Å²) in [6.07, 6.45) is 1.80. The first kappa shape index (κ1) is 13.5. The second-order valence-corrected chi connectivity index (χ2v) is 5.52. The lowest BCUT2D eigenvalue weighted by atomic mass is 10.0. The molecule has 0 aliphatic rings. The molecule has 3 aromatic rings. The SMILES string of the molecule is [C-]#[N+]c1cc(Br)cc(-c2cc(-c3ccccc3)ccn2)c1. The molecule has 0 atom stereocenters. The molecule has 0 saturated carbocycles. The largest absolute Gasteiger partial charge is 0.256 e. The van der Waals surface area contributed by atoms with Crippen LogP contribution < -0.4 is 0 Å². The quantitative estimate of drug-likeness (QED) is 0.547. The second kappa shape index (κ2) is 5.90. The summed E-state index contributed by atoms with van der Waals surface area (Å²) in [6, 6.07) is 19.9. The van der Waals surface area contributed by atoms with Crippen LogP contribution in [0, 0.1) is 6.57 Å². The molecule has 0 aliphatic carbocycles. The fourth-order valence-corrected chi connectivity index (χ4v) is 2.67. The molecule has 0 aliphatic heterocycles. The van der Waals surface area contributed by atoms with Gasteiger partial charge in [0.05, 0.1) is 12.3 Å². The summed E-state index contributed by atoms with van der Waals surface area (Å²) in [5, 5.41) is 0. The topological polar surface area (TPSA) is 17.2 Å². The van der Waals surface area contributed by atoms with Crippen molar-refractivity contribution in [2.24, 2.45) is 0 Å². The van der Waals surface area contributed by atoms with Gasteiger partial charge in [-0.15, -0.1) is 0 Å². The van der Waals surface area contributed by atoms with Crippen LogP contribution in [0.1, 0.15) is 0 Å². The Morgan fingerprint density at radius 1 is 0.857 bits per heavy atom. The lowest BCUT2D eigenvalue weighted by molar-refractivity contribution is 1.32. The lowest BCUT2D eigenvalue weighted by Crippen LogP contribution is -1.85. The van der Waals surface area contributed by atoms with E-state index in [4.69, 9.17) is 6.57 Å². The van der Waals surface area contributed by atoms with Gasteiger partial charge >= 0.3 is 0 Å². The number of rotatable bonds is 2. The highest BCUT2D eigenvalue weighted by molar-refractivity contribution is 9.10. The van der Waals surface area contributed by atoms with Crippen molar-refractivity contribution in [3.05, 3.63) is 82.8 Å². The Morgan fingerprint density at radius 2 is 1.67 bits per heavy atom. The standard InChI is InChI=1S/C18H11BrN2/c1-20-17-10-15(9-16(19)12-17)18-11-14(7-8-21-18)13-5-3-2-4-6-13/h2-12H. The maximum Gasteiger partial charge on any atom is 0.189 e. The van der Waals surface area contributed by atoms with Crippen LogP contribution in [-0.2, 0) is 0 Å². The molecule has 0 radical (unpaired) electrons. The van der Waals surface area contributed by atoms with Crippen molar-refractivity contribution in [2.45, 2.75) is 0 Å². The van der Waals surface area contributed by atoms with Gasteiger partial charge in [0.25, 0.3) is 0 Å². The molecule has 0 bridgehead atoms. The Labute approximate surface area is 132 Å². The summed E-state index contributed by atoms with van der Waals surface area (Å²) in [5.41, 5.74) is 4.67. The molecule has 100 valence electrons. The monoisotopic (exact) mass is 334 g/mol. The van der Waals surface area contributed by atoms with Gasteiger partial charge in [-0.05, 0) is 47.0 Å². The molecular formula is C18H11BrN2. The minimum atomic E-state index is 0.603. The van der Waals surface area contributed by atoms with E-state index in [0.717, 1.165) is 26.9 Å². The van der Waals surface area contributed by atoms with Crippen LogP contribution in [0.2, 0.25) is 0 Å². The van der Waals surface area contributed by atoms with E-state index >= 15 is 0 Å². The molecule has 0 spiro atoms. The van der Waals surface area contributed by atoms with E-state index in [0.29, 0.717) is 5.69 Å². The van der Waals surface area contributed by atoms with Crippen LogP contribution >= 0.6 is 15.9 Å². The van der Waals surface area contributed by atoms with Crippen LogP contribution in [0.25, 0.3) is 27.2 Å². The Morgan fingerprint density at radius 3 is 2.43 bits per heavy atom. The number of benzene rings is 2. The van der Waals surface area contributed by atoms with Crippen molar-refractivity contribution in [3.63, 3.8) is 0 Å². The first-order chi connectivity index (χ1) is 10.3. The average molecular weight is 335 g/mol. The van der Waals surface area contributed by atoms with Crippen molar-refractivity contribution in [2.75, 3.05) is 0 Å². The van der Waals surface area contributed by atoms with Crippen molar-refractivity contribution in [1.29, 1.82) is 0 Å². The molecule has 0 saturated heterocycles. The molecule has 1 heterocycles. The summed E-state index contributed by atoms with van der Waals surface area (Å²) in [6.45, 7) is 7.16. The third kappa shape index (κ3) is 3.01. The second-order valence-electron chi connectivity index (χ2n) is 4.61. The number of hydrogen-bond acceptors (Lipinski definition) is 1. The van der Waals surface area contributed by atoms with E-state index in [-0.39, 0.29) is 0 Å². The van der Waals surface area contributed by atoms with Crippen molar-refractivity contribution >= 4 is 21.6 Å². The zero-order valence-electron chi connectivity index (χ0n) is 11.1. The number of aromatic nitrogens is 1. The van der Waals surface area contributed by atoms with Crippen LogP contribution in [0.3, 0.4) is 0 Å². The van der Waals surface area contributed by atoms with Crippen LogP contribution in [-0.4, -0.2) is 4.98 Å². The van der Waals surface area contributed by atoms with Gasteiger partial charge in [-0.3, -0.25) is 4.98 Å². The molecule has 0 N–H and O–H groups in total. The molecule has 1 aromatic heterocycles. The number of nitrogens with zero attached hydrogens (tertiary/aromatic N) is 2. The highest BCUT2D eigenvalue weighted by atomic mass is 79.9. The lowest BCUT2D eigenvalue weighted by Gasteiger charge is -2.06. The summed E-state index contributed by atoms with van der Waals surface area (Å²) < 4.78 is 0.887. The third-order valence-corrected chi connectivity index (χ3v) is 3.63. The highest BCUT2D eigenvalue weighted by Crippen LogP contribution is 2.30. The minimum absolute atomic E-state index is 0.603. The van der Waals surface area contributed by atoms with E-state index in [9.17, 15) is 0 Å². The smallest absolute Gasteiger partial charge is 0.189 e. The van der Waals surface area contributed by atoms with Crippen LogP contribution in [0.4, 0.5) is 5.69 Å². The maximum atomic E-state index is 7.16. The molecule has 0 amide bonds. The Hall–Kier alpha value is -2.44. The van der Waals surface area contributed by atoms with Crippen molar-refractivity contribution in [3.8, 4) is 22.4 Å². The van der Waals surface area contributed by atoms with E-state index < -0.39 is 0 Å². The van der Waals surface area contributed by atoms with Crippen LogP contribution in [0.5, 0.6) is 0 Å². The molecule has 0 fully saturated rings. The zero-order chi connectivity index (χ0) is 14.7. The molecule has 0 unspecified atom stereocenters. The summed E-state index contributed by atoms with van der Waals surface area (Å²) >= 11 is 3.44. The molecule has 3 heteroatoms. The molecule has 3 rings (SSSR count). The first-order valence-corrected chi connectivity index (χ1v) is 7.25. The predicted octanol–water partition coefficient (Wildman–Crippen LogP) is 5.73. The van der Waals surface area contributed by atoms with Crippen LogP contribution in [0.15, 0.2) is 71.3 Å². The van der Waals surface area contributed by atoms with Gasteiger partial charge in [0.15, 0.2) is 5.69 Å². The summed E-state index contributed by atoms with van der Waals surface area (Å²) in [4.78, 5) is 7.92. The Balaban J connectivity index is 2.09. The van der Waals surface area contributed by atoms with E-state index in [1.165, 1.54) is 0 Å². The van der Waals surface area contributed by atoms with Gasteiger partial charge in [-0.1, -0.05) is 46.3 Å². The first-order valence-electron chi connectivity index (χ1n) is 6.46. The van der Waals surface area contributed by atoms with Gasteiger partial charge in [-0.2, -0.15) is 0 Å². The van der Waals surface area contributed by atoms with Crippen molar-refractivity contribution in [1.82, 2.24) is 4.98 Å². The normalized spacial score (nSPS) is 10.1. The fourth-order valence-electron chi connectivity index (χ4n) is 2.19. The molecular weight excluding hydrogens is 324 g/mol. The van der Waals surface area contributed by atoms with E-state index in [2.05, 4.69) is 37.9 Å². The minimum Gasteiger partial charge on any atom is -0.256 e. The van der Waals surface area contributed by atoms with Gasteiger partial charge in [0, 0.05) is 10.7 Å². The Bertz CT molecular complexity index is 820. The third-order valence-electron chi connectivity index (χ3n) is 3.17. The van der Waals surface area contributed by atoms with Gasteiger partial charge in [-0.25, -0.2) is 4.85 Å². The van der Waals surface area contributed by atoms with Gasteiger partial charge in [0.2, 0.25) is 0 Å². The summed E-state index contributed by atoms with van der Waals surface area (Å²) in [7, 11) is 0. The van der Waals surface area contributed by atoms with Gasteiger partial charge < -0.3 is 0 Å². The number of halogens is 1. The Kier molecular flexibility index (Phi) is 3.81. The van der Waals surface area contributed by atoms with E-state index in [1.807, 2.05) is 42.5 Å². The molecule has 2 nitrogen and oxygen atoms in total. The predicted molar refractivity (Wildman–Crippen MR) is 89.1 cm³/mol. The number of pyridine rings is 1. The molecule has 21 heavy (non-hydrogen) atoms. The van der Waals surface area contributed by atoms with Crippen molar-refractivity contribution < 1.29 is 0 Å². The number of hydrogen-bond donors (Lipinski definition) is 0. The fraction of sp³-hybridized carbons (Fsp3) is 0. The zero-order valence-corrected chi connectivity index (χ0v) is 12.7. The highest BCUT2D eigenvalue weighted by Gasteiger charge is 2.05. The van der Waals surface area contributed by atoms with Gasteiger partial charge in [0.1, 0.15) is 0 Å². The molecule has 2 aromatic carbocycles. The van der Waals surface area contributed by atoms with E-state index in [1.54, 1.807) is 12.3 Å². The average Bonchev–Trinajstić information content (AvgIpc) is 2.55.